The van der Waals surface area contributed by atoms with Crippen LogP contribution in [-0.4, -0.2) is 58.4 Å². The highest BCUT2D eigenvalue weighted by Gasteiger charge is 2.42. The summed E-state index contributed by atoms with van der Waals surface area (Å²) in [5.74, 6) is -6.71. The number of halogens is 4. The first-order valence-corrected chi connectivity index (χ1v) is 7.92. The van der Waals surface area contributed by atoms with Crippen molar-refractivity contribution < 1.29 is 37.0 Å². The van der Waals surface area contributed by atoms with Gasteiger partial charge in [0.05, 0.1) is 11.5 Å². The highest BCUT2D eigenvalue weighted by molar-refractivity contribution is 5.94. The molecule has 1 aliphatic rings. The molecule has 10 heteroatoms. The van der Waals surface area contributed by atoms with E-state index in [1.54, 1.807) is 6.92 Å². The Morgan fingerprint density at radius 2 is 2.12 bits per heavy atom. The Bertz CT molecular complexity index is 654. The lowest BCUT2D eigenvalue weighted by Gasteiger charge is -2.37. The maximum atomic E-state index is 12.8. The molecule has 0 unspecified atom stereocenters. The Balaban J connectivity index is 2.03. The monoisotopic (exact) mass is 378 g/mol. The standard InChI is InChI=1S/C16H18F4N2O4/c1-9-11(14(24)25)3-2-6-22(9)13(23)10-4-5-12(21-7-10)26-8-16(19,20)15(17)18/h4-5,7,9,11,15H,2-3,6,8H2,1H3,(H,24,25)/t9-,11-/m1/s1. The van der Waals surface area contributed by atoms with E-state index in [9.17, 15) is 32.3 Å². The second-order valence-corrected chi connectivity index (χ2v) is 6.06. The van der Waals surface area contributed by atoms with Crippen LogP contribution in [0.5, 0.6) is 5.88 Å². The van der Waals surface area contributed by atoms with E-state index >= 15 is 0 Å². The molecule has 0 radical (unpaired) electrons. The van der Waals surface area contributed by atoms with Crippen LogP contribution in [0.3, 0.4) is 0 Å². The zero-order valence-corrected chi connectivity index (χ0v) is 13.9. The maximum absolute atomic E-state index is 12.8. The molecule has 144 valence electrons. The number of rotatable bonds is 6. The number of carboxylic acid groups (broad SMARTS) is 1. The second kappa shape index (κ2) is 7.88. The molecule has 0 bridgehead atoms. The highest BCUT2D eigenvalue weighted by Crippen LogP contribution is 2.26. The summed E-state index contributed by atoms with van der Waals surface area (Å²) >= 11 is 0. The minimum Gasteiger partial charge on any atom is -0.481 e. The van der Waals surface area contributed by atoms with Gasteiger partial charge >= 0.3 is 18.3 Å². The van der Waals surface area contributed by atoms with Gasteiger partial charge in [0.15, 0.2) is 6.61 Å². The van der Waals surface area contributed by atoms with Gasteiger partial charge in [0.25, 0.3) is 5.91 Å². The highest BCUT2D eigenvalue weighted by atomic mass is 19.3. The SMILES string of the molecule is C[C@@H]1[C@H](C(=O)O)CCCN1C(=O)c1ccc(OCC(F)(F)C(F)F)nc1. The zero-order chi connectivity index (χ0) is 19.5. The lowest BCUT2D eigenvalue weighted by molar-refractivity contribution is -0.148. The number of carbonyl (C=O) groups is 2. The van der Waals surface area contributed by atoms with Crippen molar-refractivity contribution in [2.45, 2.75) is 38.2 Å². The van der Waals surface area contributed by atoms with Crippen LogP contribution >= 0.6 is 0 Å². The van der Waals surface area contributed by atoms with E-state index in [1.807, 2.05) is 0 Å². The van der Waals surface area contributed by atoms with Crippen LogP contribution in [-0.2, 0) is 4.79 Å². The van der Waals surface area contributed by atoms with Gasteiger partial charge in [0.2, 0.25) is 5.88 Å². The fourth-order valence-electron chi connectivity index (χ4n) is 2.75. The van der Waals surface area contributed by atoms with E-state index in [0.717, 1.165) is 12.3 Å². The van der Waals surface area contributed by atoms with E-state index < -0.39 is 42.8 Å². The van der Waals surface area contributed by atoms with Crippen LogP contribution in [0.4, 0.5) is 17.6 Å². The van der Waals surface area contributed by atoms with Crippen LogP contribution in [0, 0.1) is 5.92 Å². The van der Waals surface area contributed by atoms with Crippen molar-refractivity contribution >= 4 is 11.9 Å². The van der Waals surface area contributed by atoms with E-state index in [4.69, 9.17) is 0 Å². The summed E-state index contributed by atoms with van der Waals surface area (Å²) in [5, 5.41) is 9.20. The molecule has 0 aliphatic carbocycles. The van der Waals surface area contributed by atoms with E-state index in [0.29, 0.717) is 19.4 Å². The molecule has 2 atom stereocenters. The molecule has 1 amide bonds. The van der Waals surface area contributed by atoms with E-state index in [1.165, 1.54) is 11.0 Å². The van der Waals surface area contributed by atoms with Crippen LogP contribution in [0.15, 0.2) is 18.3 Å². The number of nitrogens with zero attached hydrogens (tertiary/aromatic N) is 2. The number of pyridine rings is 1. The second-order valence-electron chi connectivity index (χ2n) is 6.06. The lowest BCUT2D eigenvalue weighted by atomic mass is 9.90. The summed E-state index contributed by atoms with van der Waals surface area (Å²) in [6, 6.07) is 1.88. The third-order valence-corrected chi connectivity index (χ3v) is 4.28. The molecule has 1 aromatic heterocycles. The number of carboxylic acids is 1. The number of aliphatic carboxylic acids is 1. The molecule has 0 saturated carbocycles. The number of piperidine rings is 1. The van der Waals surface area contributed by atoms with Crippen LogP contribution in [0.2, 0.25) is 0 Å². The molecule has 0 aromatic carbocycles. The number of amides is 1. The predicted molar refractivity (Wildman–Crippen MR) is 81.5 cm³/mol. The number of likely N-dealkylation sites (tertiary alicyclic amines) is 1. The summed E-state index contributed by atoms with van der Waals surface area (Å²) in [4.78, 5) is 28.9. The molecule has 6 nitrogen and oxygen atoms in total. The van der Waals surface area contributed by atoms with Crippen molar-refractivity contribution in [3.05, 3.63) is 23.9 Å². The molecule has 26 heavy (non-hydrogen) atoms. The Labute approximate surface area is 146 Å². The quantitative estimate of drug-likeness (QED) is 0.770. The van der Waals surface area contributed by atoms with Gasteiger partial charge in [-0.25, -0.2) is 13.8 Å². The summed E-state index contributed by atoms with van der Waals surface area (Å²) in [6.45, 7) is 0.504. The Hall–Kier alpha value is -2.39. The smallest absolute Gasteiger partial charge is 0.340 e. The third-order valence-electron chi connectivity index (χ3n) is 4.28. The van der Waals surface area contributed by atoms with Crippen LogP contribution in [0.25, 0.3) is 0 Å². The maximum Gasteiger partial charge on any atom is 0.340 e. The number of ether oxygens (including phenoxy) is 1. The van der Waals surface area contributed by atoms with Gasteiger partial charge < -0.3 is 14.7 Å². The topological polar surface area (TPSA) is 79.7 Å². The summed E-state index contributed by atoms with van der Waals surface area (Å²) in [6.07, 6.45) is -1.75. The van der Waals surface area contributed by atoms with Gasteiger partial charge in [0, 0.05) is 24.8 Å². The van der Waals surface area contributed by atoms with E-state index in [-0.39, 0.29) is 11.4 Å². The van der Waals surface area contributed by atoms with Crippen LogP contribution < -0.4 is 4.74 Å². The van der Waals surface area contributed by atoms with Crippen molar-refractivity contribution in [1.29, 1.82) is 0 Å². The first-order chi connectivity index (χ1) is 12.1. The van der Waals surface area contributed by atoms with E-state index in [2.05, 4.69) is 9.72 Å². The molecule has 2 heterocycles. The van der Waals surface area contributed by atoms with Crippen molar-refractivity contribution in [2.24, 2.45) is 5.92 Å². The lowest BCUT2D eigenvalue weighted by Crippen LogP contribution is -2.49. The first-order valence-electron chi connectivity index (χ1n) is 7.92. The van der Waals surface area contributed by atoms with Crippen LogP contribution in [0.1, 0.15) is 30.1 Å². The number of hydrogen-bond donors (Lipinski definition) is 1. The molecule has 1 saturated heterocycles. The summed E-state index contributed by atoms with van der Waals surface area (Å²) < 4.78 is 54.3. The molecule has 1 N–H and O–H groups in total. The average Bonchev–Trinajstić information content (AvgIpc) is 2.59. The molecule has 2 rings (SSSR count). The van der Waals surface area contributed by atoms with Gasteiger partial charge in [-0.3, -0.25) is 9.59 Å². The fourth-order valence-corrected chi connectivity index (χ4v) is 2.75. The number of alkyl halides is 4. The van der Waals surface area contributed by atoms with Crippen molar-refractivity contribution in [1.82, 2.24) is 9.88 Å². The molecular weight excluding hydrogens is 360 g/mol. The van der Waals surface area contributed by atoms with Crippen molar-refractivity contribution in [2.75, 3.05) is 13.2 Å². The van der Waals surface area contributed by atoms with Crippen molar-refractivity contribution in [3.8, 4) is 5.88 Å². The largest absolute Gasteiger partial charge is 0.481 e. The average molecular weight is 378 g/mol. The van der Waals surface area contributed by atoms with Gasteiger partial charge in [-0.1, -0.05) is 0 Å². The predicted octanol–water partition coefficient (Wildman–Crippen LogP) is 2.69. The van der Waals surface area contributed by atoms with Gasteiger partial charge in [-0.15, -0.1) is 0 Å². The number of carbonyl (C=O) groups excluding carboxylic acids is 1. The van der Waals surface area contributed by atoms with Gasteiger partial charge in [0.1, 0.15) is 0 Å². The van der Waals surface area contributed by atoms with Crippen molar-refractivity contribution in [3.63, 3.8) is 0 Å². The Kier molecular flexibility index (Phi) is 6.04. The Morgan fingerprint density at radius 3 is 2.65 bits per heavy atom. The zero-order valence-electron chi connectivity index (χ0n) is 13.9. The summed E-state index contributed by atoms with van der Waals surface area (Å²) in [5.41, 5.74) is 0.121. The minimum absolute atomic E-state index is 0.121. The molecule has 1 aliphatic heterocycles. The fraction of sp³-hybridized carbons (Fsp3) is 0.562. The molecule has 0 spiro atoms. The molecule has 1 fully saturated rings. The summed E-state index contributed by atoms with van der Waals surface area (Å²) in [7, 11) is 0. The Morgan fingerprint density at radius 1 is 1.42 bits per heavy atom. The third kappa shape index (κ3) is 4.41. The normalized spacial score (nSPS) is 20.9. The molecule has 1 aromatic rings. The number of aromatic nitrogens is 1. The number of hydrogen-bond acceptors (Lipinski definition) is 4. The van der Waals surface area contributed by atoms with Gasteiger partial charge in [-0.2, -0.15) is 8.78 Å². The molecular formula is C16H18F4N2O4. The minimum atomic E-state index is -4.30. The first kappa shape index (κ1) is 19.9. The van der Waals surface area contributed by atoms with Gasteiger partial charge in [-0.05, 0) is 25.8 Å².